The molecule has 1 N–H and O–H groups in total. The van der Waals surface area contributed by atoms with Crippen LogP contribution in [0, 0.1) is 0 Å². The van der Waals surface area contributed by atoms with E-state index in [1.165, 1.54) is 0 Å². The third kappa shape index (κ3) is 2.78. The first kappa shape index (κ1) is 14.4. The van der Waals surface area contributed by atoms with Gasteiger partial charge in [0, 0.05) is 11.6 Å². The van der Waals surface area contributed by atoms with E-state index in [0.29, 0.717) is 22.3 Å². The average Bonchev–Trinajstić information content (AvgIpc) is 2.72. The van der Waals surface area contributed by atoms with Crippen molar-refractivity contribution in [3.05, 3.63) is 51.8 Å². The lowest BCUT2D eigenvalue weighted by molar-refractivity contribution is 0.0915. The first-order valence-corrected chi connectivity index (χ1v) is 6.92. The molecule has 0 aliphatic carbocycles. The Morgan fingerprint density at radius 3 is 2.47 bits per heavy atom. The van der Waals surface area contributed by atoms with Gasteiger partial charge in [-0.3, -0.25) is 4.68 Å². The first-order chi connectivity index (χ1) is 8.96. The highest BCUT2D eigenvalue weighted by Crippen LogP contribution is 2.34. The van der Waals surface area contributed by atoms with E-state index in [0.717, 1.165) is 12.0 Å². The lowest BCUT2D eigenvalue weighted by Crippen LogP contribution is -2.27. The highest BCUT2D eigenvalue weighted by atomic mass is 35.5. The van der Waals surface area contributed by atoms with E-state index in [2.05, 4.69) is 12.0 Å². The molecule has 0 spiro atoms. The minimum Gasteiger partial charge on any atom is -0.379 e. The number of aryl methyl sites for hydroxylation is 1. The van der Waals surface area contributed by atoms with Crippen LogP contribution in [0.15, 0.2) is 30.5 Å². The van der Waals surface area contributed by atoms with Crippen LogP contribution < -0.4 is 0 Å². The summed E-state index contributed by atoms with van der Waals surface area (Å²) in [6.07, 6.45) is 2.48. The van der Waals surface area contributed by atoms with E-state index in [9.17, 15) is 5.11 Å². The molecule has 2 aromatic rings. The van der Waals surface area contributed by atoms with Crippen molar-refractivity contribution in [3.63, 3.8) is 0 Å². The molecule has 2 rings (SSSR count). The SMILES string of the molecule is CCCn1ncc(Cl)c1C(C)(O)c1ccc(Cl)cc1. The molecule has 1 heterocycles. The van der Waals surface area contributed by atoms with Crippen LogP contribution in [0.3, 0.4) is 0 Å². The lowest BCUT2D eigenvalue weighted by Gasteiger charge is -2.25. The number of aliphatic hydroxyl groups is 1. The van der Waals surface area contributed by atoms with Crippen molar-refractivity contribution >= 4 is 23.2 Å². The molecule has 19 heavy (non-hydrogen) atoms. The smallest absolute Gasteiger partial charge is 0.130 e. The van der Waals surface area contributed by atoms with Gasteiger partial charge in [0.25, 0.3) is 0 Å². The molecule has 3 nitrogen and oxygen atoms in total. The number of halogens is 2. The van der Waals surface area contributed by atoms with Crippen LogP contribution in [0.2, 0.25) is 10.0 Å². The third-order valence-electron chi connectivity index (χ3n) is 3.10. The Bertz CT molecular complexity index is 561. The molecule has 0 aliphatic heterocycles. The van der Waals surface area contributed by atoms with Crippen molar-refractivity contribution in [2.45, 2.75) is 32.4 Å². The Balaban J connectivity index is 2.49. The number of nitrogens with zero attached hydrogens (tertiary/aromatic N) is 2. The molecule has 0 amide bonds. The molecule has 1 atom stereocenters. The summed E-state index contributed by atoms with van der Waals surface area (Å²) in [5, 5.41) is 16.1. The van der Waals surface area contributed by atoms with Crippen molar-refractivity contribution < 1.29 is 5.11 Å². The fraction of sp³-hybridized carbons (Fsp3) is 0.357. The quantitative estimate of drug-likeness (QED) is 0.931. The fourth-order valence-corrected chi connectivity index (χ4v) is 2.59. The summed E-state index contributed by atoms with van der Waals surface area (Å²) in [4.78, 5) is 0. The topological polar surface area (TPSA) is 38.0 Å². The van der Waals surface area contributed by atoms with Crippen LogP contribution in [-0.4, -0.2) is 14.9 Å². The maximum absolute atomic E-state index is 10.8. The number of rotatable bonds is 4. The molecule has 0 aliphatic rings. The normalized spacial score (nSPS) is 14.4. The molecule has 102 valence electrons. The van der Waals surface area contributed by atoms with Crippen LogP contribution in [0.5, 0.6) is 0 Å². The second-order valence-electron chi connectivity index (χ2n) is 4.64. The Hall–Kier alpha value is -1.03. The summed E-state index contributed by atoms with van der Waals surface area (Å²) in [6, 6.07) is 7.09. The molecule has 1 unspecified atom stereocenters. The maximum atomic E-state index is 10.8. The van der Waals surface area contributed by atoms with Crippen molar-refractivity contribution in [1.29, 1.82) is 0 Å². The standard InChI is InChI=1S/C14H16Cl2N2O/c1-3-8-18-13(12(16)9-17-18)14(2,19)10-4-6-11(15)7-5-10/h4-7,9,19H,3,8H2,1-2H3. The van der Waals surface area contributed by atoms with E-state index in [-0.39, 0.29) is 0 Å². The van der Waals surface area contributed by atoms with Gasteiger partial charge in [0.2, 0.25) is 0 Å². The predicted molar refractivity (Wildman–Crippen MR) is 77.7 cm³/mol. The summed E-state index contributed by atoms with van der Waals surface area (Å²) in [5.41, 5.74) is 0.142. The number of hydrogen-bond acceptors (Lipinski definition) is 2. The van der Waals surface area contributed by atoms with Gasteiger partial charge < -0.3 is 5.11 Å². The lowest BCUT2D eigenvalue weighted by atomic mass is 9.92. The number of hydrogen-bond donors (Lipinski definition) is 1. The van der Waals surface area contributed by atoms with E-state index < -0.39 is 5.60 Å². The zero-order valence-corrected chi connectivity index (χ0v) is 12.4. The zero-order valence-electron chi connectivity index (χ0n) is 10.9. The first-order valence-electron chi connectivity index (χ1n) is 6.17. The van der Waals surface area contributed by atoms with Gasteiger partial charge in [-0.1, -0.05) is 42.3 Å². The molecule has 0 fully saturated rings. The second-order valence-corrected chi connectivity index (χ2v) is 5.49. The van der Waals surface area contributed by atoms with Crippen molar-refractivity contribution in [3.8, 4) is 0 Å². The molecule has 0 bridgehead atoms. The van der Waals surface area contributed by atoms with Crippen LogP contribution >= 0.6 is 23.2 Å². The third-order valence-corrected chi connectivity index (χ3v) is 3.63. The Morgan fingerprint density at radius 2 is 1.89 bits per heavy atom. The van der Waals surface area contributed by atoms with E-state index in [1.54, 1.807) is 42.1 Å². The Labute approximate surface area is 122 Å². The van der Waals surface area contributed by atoms with Gasteiger partial charge in [0.15, 0.2) is 0 Å². The molecule has 5 heteroatoms. The van der Waals surface area contributed by atoms with Gasteiger partial charge in [-0.15, -0.1) is 0 Å². The summed E-state index contributed by atoms with van der Waals surface area (Å²) in [6.45, 7) is 4.48. The van der Waals surface area contributed by atoms with Crippen LogP contribution in [0.25, 0.3) is 0 Å². The Kier molecular flexibility index (Phi) is 4.19. The Morgan fingerprint density at radius 1 is 1.26 bits per heavy atom. The van der Waals surface area contributed by atoms with Crippen LogP contribution in [0.1, 0.15) is 31.5 Å². The molecule has 1 aromatic heterocycles. The predicted octanol–water partition coefficient (Wildman–Crippen LogP) is 3.86. The van der Waals surface area contributed by atoms with Gasteiger partial charge in [-0.2, -0.15) is 5.10 Å². The average molecular weight is 299 g/mol. The van der Waals surface area contributed by atoms with Crippen LogP contribution in [-0.2, 0) is 12.1 Å². The van der Waals surface area contributed by atoms with E-state index in [4.69, 9.17) is 23.2 Å². The largest absolute Gasteiger partial charge is 0.379 e. The summed E-state index contributed by atoms with van der Waals surface area (Å²) < 4.78 is 1.75. The second kappa shape index (κ2) is 5.53. The minimum absolute atomic E-state index is 0.466. The molecular weight excluding hydrogens is 283 g/mol. The monoisotopic (exact) mass is 298 g/mol. The molecule has 0 saturated heterocycles. The molecular formula is C14H16Cl2N2O. The highest BCUT2D eigenvalue weighted by molar-refractivity contribution is 6.31. The van der Waals surface area contributed by atoms with E-state index in [1.807, 2.05) is 0 Å². The minimum atomic E-state index is -1.20. The zero-order chi connectivity index (χ0) is 14.0. The highest BCUT2D eigenvalue weighted by Gasteiger charge is 2.32. The van der Waals surface area contributed by atoms with Gasteiger partial charge in [0.1, 0.15) is 5.60 Å². The van der Waals surface area contributed by atoms with Gasteiger partial charge in [-0.25, -0.2) is 0 Å². The van der Waals surface area contributed by atoms with E-state index >= 15 is 0 Å². The van der Waals surface area contributed by atoms with Gasteiger partial charge in [0.05, 0.1) is 16.9 Å². The van der Waals surface area contributed by atoms with Crippen molar-refractivity contribution in [2.24, 2.45) is 0 Å². The number of aromatic nitrogens is 2. The summed E-state index contributed by atoms with van der Waals surface area (Å²) in [5.74, 6) is 0. The fourth-order valence-electron chi connectivity index (χ4n) is 2.14. The number of benzene rings is 1. The molecule has 1 aromatic carbocycles. The van der Waals surface area contributed by atoms with Crippen LogP contribution in [0.4, 0.5) is 0 Å². The van der Waals surface area contributed by atoms with Crippen molar-refractivity contribution in [2.75, 3.05) is 0 Å². The van der Waals surface area contributed by atoms with Gasteiger partial charge >= 0.3 is 0 Å². The van der Waals surface area contributed by atoms with Crippen molar-refractivity contribution in [1.82, 2.24) is 9.78 Å². The molecule has 0 saturated carbocycles. The summed E-state index contributed by atoms with van der Waals surface area (Å²) >= 11 is 12.1. The maximum Gasteiger partial charge on any atom is 0.130 e. The van der Waals surface area contributed by atoms with Gasteiger partial charge in [-0.05, 0) is 31.0 Å². The molecule has 0 radical (unpaired) electrons. The summed E-state index contributed by atoms with van der Waals surface area (Å²) in [7, 11) is 0.